The Labute approximate surface area is 133 Å². The number of amides is 1. The van der Waals surface area contributed by atoms with Gasteiger partial charge in [0.2, 0.25) is 5.91 Å². The standard InChI is InChI=1S/C18H18F2N2O/c1-11(18(23)22-17-10-13(19)7-8-15(17)20)21-16-9-6-12-4-2-3-5-14(12)16/h2-5,7-8,10-11,16,21H,6,9H2,1H3,(H,22,23)/t11-,16+/m0/s1. The SMILES string of the molecule is C[C@H](N[C@@H]1CCc2ccccc21)C(=O)Nc1cc(F)ccc1F. The van der Waals surface area contributed by atoms with E-state index in [0.29, 0.717) is 0 Å². The Balaban J connectivity index is 1.66. The Kier molecular flexibility index (Phi) is 4.39. The summed E-state index contributed by atoms with van der Waals surface area (Å²) in [6.45, 7) is 1.72. The topological polar surface area (TPSA) is 41.1 Å². The first kappa shape index (κ1) is 15.6. The molecule has 3 nitrogen and oxygen atoms in total. The number of anilines is 1. The molecule has 2 aromatic carbocycles. The summed E-state index contributed by atoms with van der Waals surface area (Å²) in [5, 5.41) is 5.69. The highest BCUT2D eigenvalue weighted by atomic mass is 19.1. The first-order valence-corrected chi connectivity index (χ1v) is 7.64. The number of halogens is 2. The molecule has 0 aliphatic heterocycles. The third-order valence-corrected chi connectivity index (χ3v) is 4.16. The Morgan fingerprint density at radius 3 is 2.83 bits per heavy atom. The summed E-state index contributed by atoms with van der Waals surface area (Å²) >= 11 is 0. The van der Waals surface area contributed by atoms with Gasteiger partial charge in [-0.15, -0.1) is 0 Å². The van der Waals surface area contributed by atoms with Crippen molar-refractivity contribution in [1.29, 1.82) is 0 Å². The van der Waals surface area contributed by atoms with Crippen molar-refractivity contribution >= 4 is 11.6 Å². The number of carbonyl (C=O) groups is 1. The van der Waals surface area contributed by atoms with Crippen LogP contribution in [-0.4, -0.2) is 11.9 Å². The van der Waals surface area contributed by atoms with E-state index in [1.165, 1.54) is 11.1 Å². The minimum Gasteiger partial charge on any atom is -0.322 e. The molecule has 0 fully saturated rings. The molecule has 1 aliphatic carbocycles. The zero-order chi connectivity index (χ0) is 16.4. The number of hydrogen-bond acceptors (Lipinski definition) is 2. The van der Waals surface area contributed by atoms with Crippen molar-refractivity contribution < 1.29 is 13.6 Å². The summed E-state index contributed by atoms with van der Waals surface area (Å²) in [5.41, 5.74) is 2.34. The minimum absolute atomic E-state index is 0.101. The largest absolute Gasteiger partial charge is 0.322 e. The van der Waals surface area contributed by atoms with Crippen LogP contribution in [0.3, 0.4) is 0 Å². The maximum Gasteiger partial charge on any atom is 0.241 e. The number of benzene rings is 2. The fourth-order valence-electron chi connectivity index (χ4n) is 2.94. The van der Waals surface area contributed by atoms with Gasteiger partial charge in [0.1, 0.15) is 11.6 Å². The second-order valence-electron chi connectivity index (χ2n) is 5.79. The number of fused-ring (bicyclic) bond motifs is 1. The Morgan fingerprint density at radius 1 is 1.22 bits per heavy atom. The average molecular weight is 316 g/mol. The van der Waals surface area contributed by atoms with Crippen LogP contribution in [0.25, 0.3) is 0 Å². The van der Waals surface area contributed by atoms with Gasteiger partial charge in [0.05, 0.1) is 11.7 Å². The summed E-state index contributed by atoms with van der Waals surface area (Å²) in [5.74, 6) is -1.64. The van der Waals surface area contributed by atoms with E-state index in [1.54, 1.807) is 6.92 Å². The molecule has 0 radical (unpaired) electrons. The minimum atomic E-state index is -0.654. The van der Waals surface area contributed by atoms with E-state index in [9.17, 15) is 13.6 Å². The highest BCUT2D eigenvalue weighted by molar-refractivity contribution is 5.94. The molecule has 5 heteroatoms. The van der Waals surface area contributed by atoms with Crippen molar-refractivity contribution in [2.75, 3.05) is 5.32 Å². The fraction of sp³-hybridized carbons (Fsp3) is 0.278. The van der Waals surface area contributed by atoms with Crippen molar-refractivity contribution in [3.05, 3.63) is 65.2 Å². The Hall–Kier alpha value is -2.27. The quantitative estimate of drug-likeness (QED) is 0.905. The number of hydrogen-bond donors (Lipinski definition) is 2. The molecule has 3 rings (SSSR count). The van der Waals surface area contributed by atoms with E-state index in [4.69, 9.17) is 0 Å². The van der Waals surface area contributed by atoms with Crippen LogP contribution >= 0.6 is 0 Å². The third kappa shape index (κ3) is 3.40. The van der Waals surface area contributed by atoms with Crippen LogP contribution in [0, 0.1) is 11.6 Å². The van der Waals surface area contributed by atoms with Crippen LogP contribution in [0.1, 0.15) is 30.5 Å². The molecule has 0 saturated heterocycles. The van der Waals surface area contributed by atoms with E-state index in [0.717, 1.165) is 31.0 Å². The van der Waals surface area contributed by atoms with Crippen LogP contribution in [0.15, 0.2) is 42.5 Å². The average Bonchev–Trinajstić information content (AvgIpc) is 2.94. The summed E-state index contributed by atoms with van der Waals surface area (Å²) in [6, 6.07) is 10.7. The molecule has 23 heavy (non-hydrogen) atoms. The first-order chi connectivity index (χ1) is 11.0. The van der Waals surface area contributed by atoms with Crippen molar-refractivity contribution in [3.63, 3.8) is 0 Å². The van der Waals surface area contributed by atoms with E-state index in [1.807, 2.05) is 12.1 Å². The predicted octanol–water partition coefficient (Wildman–Crippen LogP) is 3.57. The van der Waals surface area contributed by atoms with Gasteiger partial charge in [0.25, 0.3) is 0 Å². The van der Waals surface area contributed by atoms with Crippen molar-refractivity contribution in [2.24, 2.45) is 0 Å². The van der Waals surface area contributed by atoms with E-state index in [2.05, 4.69) is 22.8 Å². The number of rotatable bonds is 4. The summed E-state index contributed by atoms with van der Waals surface area (Å²) < 4.78 is 26.8. The lowest BCUT2D eigenvalue weighted by Gasteiger charge is -2.20. The first-order valence-electron chi connectivity index (χ1n) is 7.64. The molecule has 0 heterocycles. The Morgan fingerprint density at radius 2 is 2.00 bits per heavy atom. The Bertz CT molecular complexity index is 733. The van der Waals surface area contributed by atoms with E-state index in [-0.39, 0.29) is 17.6 Å². The van der Waals surface area contributed by atoms with Crippen molar-refractivity contribution in [2.45, 2.75) is 31.8 Å². The van der Waals surface area contributed by atoms with Gasteiger partial charge in [-0.05, 0) is 43.0 Å². The molecule has 1 aliphatic rings. The van der Waals surface area contributed by atoms with Gasteiger partial charge in [-0.3, -0.25) is 10.1 Å². The molecule has 2 aromatic rings. The molecule has 0 bridgehead atoms. The van der Waals surface area contributed by atoms with Crippen LogP contribution in [0.4, 0.5) is 14.5 Å². The lowest BCUT2D eigenvalue weighted by molar-refractivity contribution is -0.118. The molecule has 0 spiro atoms. The third-order valence-electron chi connectivity index (χ3n) is 4.16. The predicted molar refractivity (Wildman–Crippen MR) is 85.1 cm³/mol. The summed E-state index contributed by atoms with van der Waals surface area (Å²) in [7, 11) is 0. The fourth-order valence-corrected chi connectivity index (χ4v) is 2.94. The van der Waals surface area contributed by atoms with Crippen LogP contribution < -0.4 is 10.6 Å². The summed E-state index contributed by atoms with van der Waals surface area (Å²) in [4.78, 5) is 12.2. The van der Waals surface area contributed by atoms with Gasteiger partial charge in [-0.2, -0.15) is 0 Å². The van der Waals surface area contributed by atoms with Gasteiger partial charge in [-0.25, -0.2) is 8.78 Å². The normalized spacial score (nSPS) is 17.6. The van der Waals surface area contributed by atoms with Crippen LogP contribution in [0.2, 0.25) is 0 Å². The van der Waals surface area contributed by atoms with E-state index >= 15 is 0 Å². The molecular formula is C18H18F2N2O. The van der Waals surface area contributed by atoms with Gasteiger partial charge in [-0.1, -0.05) is 24.3 Å². The molecule has 0 saturated carbocycles. The molecule has 2 atom stereocenters. The van der Waals surface area contributed by atoms with Gasteiger partial charge >= 0.3 is 0 Å². The molecule has 0 aromatic heterocycles. The zero-order valence-electron chi connectivity index (χ0n) is 12.8. The lowest BCUT2D eigenvalue weighted by Crippen LogP contribution is -2.39. The number of nitrogens with one attached hydrogen (secondary N) is 2. The van der Waals surface area contributed by atoms with Crippen molar-refractivity contribution in [1.82, 2.24) is 5.32 Å². The highest BCUT2D eigenvalue weighted by Gasteiger charge is 2.25. The molecular weight excluding hydrogens is 298 g/mol. The maximum absolute atomic E-state index is 13.6. The smallest absolute Gasteiger partial charge is 0.241 e. The lowest BCUT2D eigenvalue weighted by atomic mass is 10.1. The van der Waals surface area contributed by atoms with Crippen LogP contribution in [-0.2, 0) is 11.2 Å². The van der Waals surface area contributed by atoms with Crippen molar-refractivity contribution in [3.8, 4) is 0 Å². The second kappa shape index (κ2) is 6.46. The monoisotopic (exact) mass is 316 g/mol. The number of aryl methyl sites for hydroxylation is 1. The molecule has 1 amide bonds. The molecule has 2 N–H and O–H groups in total. The van der Waals surface area contributed by atoms with Crippen LogP contribution in [0.5, 0.6) is 0 Å². The summed E-state index contributed by atoms with van der Waals surface area (Å²) in [6.07, 6.45) is 1.89. The molecule has 120 valence electrons. The van der Waals surface area contributed by atoms with E-state index < -0.39 is 17.7 Å². The maximum atomic E-state index is 13.6. The highest BCUT2D eigenvalue weighted by Crippen LogP contribution is 2.31. The zero-order valence-corrected chi connectivity index (χ0v) is 12.8. The van der Waals surface area contributed by atoms with Gasteiger partial charge in [0, 0.05) is 12.1 Å². The van der Waals surface area contributed by atoms with Gasteiger partial charge < -0.3 is 5.32 Å². The van der Waals surface area contributed by atoms with Gasteiger partial charge in [0.15, 0.2) is 0 Å². The second-order valence-corrected chi connectivity index (χ2v) is 5.79. The molecule has 0 unspecified atom stereocenters. The number of carbonyl (C=O) groups excluding carboxylic acids is 1.